The molecule has 0 radical (unpaired) electrons. The van der Waals surface area contributed by atoms with Crippen molar-refractivity contribution >= 4 is 27.3 Å². The number of carbonyl (C=O) groups excluding carboxylic acids is 1. The van der Waals surface area contributed by atoms with Crippen LogP contribution in [0.5, 0.6) is 0 Å². The largest absolute Gasteiger partial charge is 0.459 e. The molecule has 128 valence electrons. The highest BCUT2D eigenvalue weighted by Gasteiger charge is 2.27. The van der Waals surface area contributed by atoms with Crippen LogP contribution in [0.25, 0.3) is 0 Å². The first-order chi connectivity index (χ1) is 11.5. The fraction of sp³-hybridized carbons (Fsp3) is 0.353. The number of carbonyl (C=O) groups is 1. The van der Waals surface area contributed by atoms with Gasteiger partial charge in [-0.3, -0.25) is 9.52 Å². The van der Waals surface area contributed by atoms with E-state index >= 15 is 0 Å². The molecule has 0 fully saturated rings. The summed E-state index contributed by atoms with van der Waals surface area (Å²) >= 11 is 0. The zero-order valence-electron chi connectivity index (χ0n) is 13.5. The lowest BCUT2D eigenvalue weighted by Gasteiger charge is -2.17. The molecule has 0 saturated carbocycles. The van der Waals surface area contributed by atoms with Crippen molar-refractivity contribution in [2.75, 3.05) is 21.9 Å². The number of sulfonamides is 1. The van der Waals surface area contributed by atoms with Crippen LogP contribution in [0.2, 0.25) is 0 Å². The van der Waals surface area contributed by atoms with Crippen molar-refractivity contribution in [3.05, 3.63) is 47.9 Å². The predicted molar refractivity (Wildman–Crippen MR) is 92.8 cm³/mol. The SMILES string of the molecule is CCCCS(=O)(=O)Nc1ccc2c(c1)N(C(=O)c1ccco1)CC2. The maximum atomic E-state index is 12.5. The lowest BCUT2D eigenvalue weighted by atomic mass is 10.1. The monoisotopic (exact) mass is 348 g/mol. The highest BCUT2D eigenvalue weighted by Crippen LogP contribution is 2.32. The van der Waals surface area contributed by atoms with E-state index in [1.165, 1.54) is 6.26 Å². The van der Waals surface area contributed by atoms with Crippen LogP contribution >= 0.6 is 0 Å². The molecule has 7 heteroatoms. The van der Waals surface area contributed by atoms with Crippen molar-refractivity contribution in [1.29, 1.82) is 0 Å². The van der Waals surface area contributed by atoms with E-state index in [2.05, 4.69) is 4.72 Å². The third kappa shape index (κ3) is 3.46. The second kappa shape index (κ2) is 6.68. The van der Waals surface area contributed by atoms with Crippen molar-refractivity contribution in [1.82, 2.24) is 0 Å². The summed E-state index contributed by atoms with van der Waals surface area (Å²) in [5.74, 6) is 0.150. The molecule has 0 spiro atoms. The molecule has 2 aromatic rings. The second-order valence-electron chi connectivity index (χ2n) is 5.80. The number of anilines is 2. The number of unbranched alkanes of at least 4 members (excludes halogenated alkanes) is 1. The van der Waals surface area contributed by atoms with Gasteiger partial charge in [-0.2, -0.15) is 0 Å². The van der Waals surface area contributed by atoms with Crippen molar-refractivity contribution < 1.29 is 17.6 Å². The highest BCUT2D eigenvalue weighted by molar-refractivity contribution is 7.92. The number of amides is 1. The van der Waals surface area contributed by atoms with Gasteiger partial charge in [0.15, 0.2) is 5.76 Å². The van der Waals surface area contributed by atoms with Crippen molar-refractivity contribution in [3.63, 3.8) is 0 Å². The quantitative estimate of drug-likeness (QED) is 0.870. The molecule has 3 rings (SSSR count). The average molecular weight is 348 g/mol. The van der Waals surface area contributed by atoms with Gasteiger partial charge in [-0.25, -0.2) is 8.42 Å². The molecule has 1 aliphatic heterocycles. The zero-order valence-corrected chi connectivity index (χ0v) is 14.3. The Morgan fingerprint density at radius 2 is 2.17 bits per heavy atom. The molecular formula is C17H20N2O4S. The van der Waals surface area contributed by atoms with Gasteiger partial charge in [0.05, 0.1) is 17.7 Å². The molecule has 0 atom stereocenters. The number of nitrogens with one attached hydrogen (secondary N) is 1. The van der Waals surface area contributed by atoms with Gasteiger partial charge in [-0.05, 0) is 42.7 Å². The maximum absolute atomic E-state index is 12.5. The first-order valence-electron chi connectivity index (χ1n) is 7.99. The number of hydrogen-bond donors (Lipinski definition) is 1. The minimum Gasteiger partial charge on any atom is -0.459 e. The van der Waals surface area contributed by atoms with Crippen LogP contribution in [0.15, 0.2) is 41.0 Å². The number of fused-ring (bicyclic) bond motifs is 1. The topological polar surface area (TPSA) is 79.6 Å². The van der Waals surface area contributed by atoms with Gasteiger partial charge in [-0.15, -0.1) is 0 Å². The Morgan fingerprint density at radius 3 is 2.88 bits per heavy atom. The summed E-state index contributed by atoms with van der Waals surface area (Å²) in [4.78, 5) is 14.1. The van der Waals surface area contributed by atoms with E-state index < -0.39 is 10.0 Å². The van der Waals surface area contributed by atoms with Crippen LogP contribution in [-0.2, 0) is 16.4 Å². The molecular weight excluding hydrogens is 328 g/mol. The van der Waals surface area contributed by atoms with E-state index in [4.69, 9.17) is 4.42 Å². The maximum Gasteiger partial charge on any atom is 0.293 e. The van der Waals surface area contributed by atoms with Gasteiger partial charge in [-0.1, -0.05) is 19.4 Å². The van der Waals surface area contributed by atoms with E-state index in [-0.39, 0.29) is 17.4 Å². The second-order valence-corrected chi connectivity index (χ2v) is 7.64. The summed E-state index contributed by atoms with van der Waals surface area (Å²) in [6.07, 6.45) is 3.63. The third-order valence-corrected chi connectivity index (χ3v) is 5.37. The summed E-state index contributed by atoms with van der Waals surface area (Å²) < 4.78 is 31.9. The standard InChI is InChI=1S/C17H20N2O4S/c1-2-3-11-24(21,22)18-14-7-6-13-8-9-19(15(13)12-14)17(20)16-5-4-10-23-16/h4-7,10,12,18H,2-3,8-9,11H2,1H3. The van der Waals surface area contributed by atoms with Gasteiger partial charge in [0.2, 0.25) is 10.0 Å². The summed E-state index contributed by atoms with van der Waals surface area (Å²) in [6, 6.07) is 8.61. The molecule has 2 heterocycles. The van der Waals surface area contributed by atoms with E-state index in [1.807, 2.05) is 13.0 Å². The number of rotatable bonds is 6. The smallest absolute Gasteiger partial charge is 0.293 e. The molecule has 0 saturated heterocycles. The van der Waals surface area contributed by atoms with Crippen molar-refractivity contribution in [3.8, 4) is 0 Å². The molecule has 0 bridgehead atoms. The van der Waals surface area contributed by atoms with Crippen molar-refractivity contribution in [2.45, 2.75) is 26.2 Å². The molecule has 0 unspecified atom stereocenters. The summed E-state index contributed by atoms with van der Waals surface area (Å²) in [7, 11) is -3.37. The number of benzene rings is 1. The Labute approximate surface area is 141 Å². The van der Waals surface area contributed by atoms with Crippen LogP contribution in [-0.4, -0.2) is 26.6 Å². The third-order valence-electron chi connectivity index (χ3n) is 4.00. The Balaban J connectivity index is 1.82. The summed E-state index contributed by atoms with van der Waals surface area (Å²) in [6.45, 7) is 2.50. The van der Waals surface area contributed by atoms with Gasteiger partial charge < -0.3 is 9.32 Å². The normalized spacial score (nSPS) is 13.8. The lowest BCUT2D eigenvalue weighted by molar-refractivity contribution is 0.0963. The molecule has 6 nitrogen and oxygen atoms in total. The molecule has 24 heavy (non-hydrogen) atoms. The van der Waals surface area contributed by atoms with Crippen LogP contribution in [0.1, 0.15) is 35.9 Å². The average Bonchev–Trinajstić information content (AvgIpc) is 3.21. The van der Waals surface area contributed by atoms with Gasteiger partial charge >= 0.3 is 0 Å². The number of nitrogens with zero attached hydrogens (tertiary/aromatic N) is 1. The fourth-order valence-corrected chi connectivity index (χ4v) is 4.01. The van der Waals surface area contributed by atoms with E-state index in [1.54, 1.807) is 29.2 Å². The van der Waals surface area contributed by atoms with E-state index in [0.717, 1.165) is 24.1 Å². The lowest BCUT2D eigenvalue weighted by Crippen LogP contribution is -2.28. The molecule has 1 aromatic carbocycles. The first kappa shape index (κ1) is 16.6. The van der Waals surface area contributed by atoms with Crippen LogP contribution < -0.4 is 9.62 Å². The van der Waals surface area contributed by atoms with E-state index in [0.29, 0.717) is 18.7 Å². The van der Waals surface area contributed by atoms with Crippen molar-refractivity contribution in [2.24, 2.45) is 0 Å². The Hall–Kier alpha value is -2.28. The minimum absolute atomic E-state index is 0.0929. The number of hydrogen-bond acceptors (Lipinski definition) is 4. The van der Waals surface area contributed by atoms with E-state index in [9.17, 15) is 13.2 Å². The van der Waals surface area contributed by atoms with Crippen LogP contribution in [0, 0.1) is 0 Å². The molecule has 1 aromatic heterocycles. The molecule has 1 N–H and O–H groups in total. The Morgan fingerprint density at radius 1 is 1.33 bits per heavy atom. The highest BCUT2D eigenvalue weighted by atomic mass is 32.2. The Kier molecular flexibility index (Phi) is 4.62. The predicted octanol–water partition coefficient (Wildman–Crippen LogP) is 3.02. The summed E-state index contributed by atoms with van der Waals surface area (Å²) in [5, 5.41) is 0. The van der Waals surface area contributed by atoms with Gasteiger partial charge in [0.1, 0.15) is 0 Å². The fourth-order valence-electron chi connectivity index (χ4n) is 2.75. The number of furan rings is 1. The minimum atomic E-state index is -3.37. The summed E-state index contributed by atoms with van der Waals surface area (Å²) in [5.41, 5.74) is 2.22. The van der Waals surface area contributed by atoms with Gasteiger partial charge in [0.25, 0.3) is 5.91 Å². The molecule has 0 aliphatic carbocycles. The molecule has 1 amide bonds. The molecule has 1 aliphatic rings. The van der Waals surface area contributed by atoms with Crippen LogP contribution in [0.3, 0.4) is 0 Å². The zero-order chi connectivity index (χ0) is 17.2. The Bertz CT molecular complexity index is 828. The van der Waals surface area contributed by atoms with Crippen LogP contribution in [0.4, 0.5) is 11.4 Å². The first-order valence-corrected chi connectivity index (χ1v) is 9.64. The van der Waals surface area contributed by atoms with Gasteiger partial charge in [0, 0.05) is 12.2 Å².